The molecular weight excluding hydrogens is 404 g/mol. The number of fused-ring (bicyclic) bond motifs is 1. The average Bonchev–Trinajstić information content (AvgIpc) is 2.72. The lowest BCUT2D eigenvalue weighted by Crippen LogP contribution is -2.30. The second kappa shape index (κ2) is 10.4. The molecule has 1 heterocycles. The van der Waals surface area contributed by atoms with Crippen LogP contribution in [0.3, 0.4) is 0 Å². The molecular formula is C21H26N4O4S. The maximum absolute atomic E-state index is 12.5. The summed E-state index contributed by atoms with van der Waals surface area (Å²) in [5, 5.41) is 15.2. The van der Waals surface area contributed by atoms with Gasteiger partial charge in [-0.05, 0) is 56.4 Å². The van der Waals surface area contributed by atoms with Gasteiger partial charge in [0.15, 0.2) is 0 Å². The van der Waals surface area contributed by atoms with Crippen molar-refractivity contribution in [3.05, 3.63) is 46.0 Å². The number of hydrogen-bond acceptors (Lipinski definition) is 6. The minimum absolute atomic E-state index is 0.0314. The van der Waals surface area contributed by atoms with Gasteiger partial charge >= 0.3 is 5.69 Å². The second-order valence-corrected chi connectivity index (χ2v) is 8.12. The van der Waals surface area contributed by atoms with Crippen molar-refractivity contribution < 1.29 is 14.7 Å². The van der Waals surface area contributed by atoms with Crippen LogP contribution in [0.4, 0.5) is 11.4 Å². The molecule has 2 aromatic rings. The van der Waals surface area contributed by atoms with E-state index in [1.54, 1.807) is 28.8 Å². The largest absolute Gasteiger partial charge is 0.396 e. The molecule has 30 heavy (non-hydrogen) atoms. The fourth-order valence-electron chi connectivity index (χ4n) is 3.50. The van der Waals surface area contributed by atoms with Gasteiger partial charge in [-0.3, -0.25) is 14.2 Å². The van der Waals surface area contributed by atoms with E-state index in [1.807, 2.05) is 0 Å². The molecule has 0 aliphatic heterocycles. The van der Waals surface area contributed by atoms with E-state index < -0.39 is 0 Å². The van der Waals surface area contributed by atoms with Crippen molar-refractivity contribution in [2.45, 2.75) is 50.6 Å². The lowest BCUT2D eigenvalue weighted by atomic mass is 9.97. The third-order valence-corrected chi connectivity index (χ3v) is 5.84. The first-order valence-corrected chi connectivity index (χ1v) is 11.0. The fourth-order valence-corrected chi connectivity index (χ4v) is 4.37. The Labute approximate surface area is 179 Å². The number of thioether (sulfide) groups is 1. The Bertz CT molecular complexity index is 972. The van der Waals surface area contributed by atoms with E-state index >= 15 is 0 Å². The van der Waals surface area contributed by atoms with Crippen molar-refractivity contribution >= 4 is 35.0 Å². The minimum atomic E-state index is -0.319. The van der Waals surface area contributed by atoms with Crippen LogP contribution in [-0.2, 0) is 29.0 Å². The van der Waals surface area contributed by atoms with E-state index in [0.717, 1.165) is 36.9 Å². The molecule has 9 heteroatoms. The zero-order chi connectivity index (χ0) is 21.5. The van der Waals surface area contributed by atoms with Gasteiger partial charge in [-0.15, -0.1) is 0 Å². The summed E-state index contributed by atoms with van der Waals surface area (Å²) in [6, 6.07) is 6.87. The molecule has 0 bridgehead atoms. The summed E-state index contributed by atoms with van der Waals surface area (Å²) in [6.45, 7) is 1.93. The summed E-state index contributed by atoms with van der Waals surface area (Å²) in [4.78, 5) is 40.2. The molecule has 0 fully saturated rings. The normalized spacial score (nSPS) is 12.9. The lowest BCUT2D eigenvalue weighted by Gasteiger charge is -2.22. The number of nitrogens with one attached hydrogen (secondary N) is 2. The SMILES string of the molecule is CC(=O)Nc1ccc(NC(=O)CSc2nc(=O)n(CCCO)c3c2CCCC3)cc1. The van der Waals surface area contributed by atoms with Crippen molar-refractivity contribution in [3.63, 3.8) is 0 Å². The molecule has 160 valence electrons. The molecule has 3 N–H and O–H groups in total. The number of hydrogen-bond donors (Lipinski definition) is 3. The number of carbonyl (C=O) groups is 2. The summed E-state index contributed by atoms with van der Waals surface area (Å²) in [6.07, 6.45) is 4.24. The van der Waals surface area contributed by atoms with Crippen molar-refractivity contribution in [1.82, 2.24) is 9.55 Å². The molecule has 1 aromatic carbocycles. The number of rotatable bonds is 8. The Morgan fingerprint density at radius 3 is 2.47 bits per heavy atom. The van der Waals surface area contributed by atoms with Gasteiger partial charge in [-0.2, -0.15) is 4.98 Å². The Kier molecular flexibility index (Phi) is 7.64. The maximum atomic E-state index is 12.5. The van der Waals surface area contributed by atoms with Crippen molar-refractivity contribution in [1.29, 1.82) is 0 Å². The zero-order valence-corrected chi connectivity index (χ0v) is 17.8. The summed E-state index contributed by atoms with van der Waals surface area (Å²) in [5.41, 5.74) is 3.01. The van der Waals surface area contributed by atoms with E-state index in [2.05, 4.69) is 15.6 Å². The van der Waals surface area contributed by atoms with Crippen LogP contribution in [0.15, 0.2) is 34.1 Å². The fraction of sp³-hybridized carbons (Fsp3) is 0.429. The predicted octanol–water partition coefficient (Wildman–Crippen LogP) is 2.19. The van der Waals surface area contributed by atoms with E-state index in [1.165, 1.54) is 18.7 Å². The third-order valence-electron chi connectivity index (χ3n) is 4.82. The second-order valence-electron chi connectivity index (χ2n) is 7.16. The smallest absolute Gasteiger partial charge is 0.348 e. The highest BCUT2D eigenvalue weighted by Gasteiger charge is 2.21. The van der Waals surface area contributed by atoms with E-state index in [9.17, 15) is 14.4 Å². The Morgan fingerprint density at radius 2 is 1.80 bits per heavy atom. The van der Waals surface area contributed by atoms with Crippen LogP contribution < -0.4 is 16.3 Å². The number of amides is 2. The number of carbonyl (C=O) groups excluding carboxylic acids is 2. The molecule has 1 aliphatic rings. The highest BCUT2D eigenvalue weighted by atomic mass is 32.2. The van der Waals surface area contributed by atoms with Crippen LogP contribution in [0, 0.1) is 0 Å². The van der Waals surface area contributed by atoms with Crippen LogP contribution in [0.25, 0.3) is 0 Å². The Balaban J connectivity index is 1.66. The first-order chi connectivity index (χ1) is 14.5. The Morgan fingerprint density at radius 1 is 1.13 bits per heavy atom. The van der Waals surface area contributed by atoms with Crippen LogP contribution >= 0.6 is 11.8 Å². The minimum Gasteiger partial charge on any atom is -0.396 e. The van der Waals surface area contributed by atoms with Crippen molar-refractivity contribution in [2.24, 2.45) is 0 Å². The first kappa shape index (κ1) is 22.0. The van der Waals surface area contributed by atoms with Gasteiger partial charge in [-0.25, -0.2) is 4.79 Å². The van der Waals surface area contributed by atoms with Gasteiger partial charge in [0.25, 0.3) is 0 Å². The summed E-state index contributed by atoms with van der Waals surface area (Å²) in [5.74, 6) is -0.201. The third kappa shape index (κ3) is 5.70. The van der Waals surface area contributed by atoms with Crippen LogP contribution in [0.1, 0.15) is 37.4 Å². The molecule has 0 atom stereocenters. The molecule has 0 saturated carbocycles. The van der Waals surface area contributed by atoms with E-state index in [0.29, 0.717) is 29.4 Å². The number of aliphatic hydroxyl groups is 1. The highest BCUT2D eigenvalue weighted by Crippen LogP contribution is 2.28. The average molecular weight is 431 g/mol. The lowest BCUT2D eigenvalue weighted by molar-refractivity contribution is -0.114. The molecule has 1 aromatic heterocycles. The van der Waals surface area contributed by atoms with Crippen LogP contribution in [0.5, 0.6) is 0 Å². The van der Waals surface area contributed by atoms with Gasteiger partial charge in [0, 0.05) is 42.7 Å². The van der Waals surface area contributed by atoms with Crippen molar-refractivity contribution in [3.8, 4) is 0 Å². The van der Waals surface area contributed by atoms with E-state index in [-0.39, 0.29) is 29.9 Å². The number of aromatic nitrogens is 2. The topological polar surface area (TPSA) is 113 Å². The molecule has 0 unspecified atom stereocenters. The summed E-state index contributed by atoms with van der Waals surface area (Å²) < 4.78 is 1.67. The quantitative estimate of drug-likeness (QED) is 0.437. The summed E-state index contributed by atoms with van der Waals surface area (Å²) in [7, 11) is 0. The standard InChI is InChI=1S/C21H26N4O4S/c1-14(27)22-15-7-9-16(10-8-15)23-19(28)13-30-20-17-5-2-3-6-18(17)25(11-4-12-26)21(29)24-20/h7-10,26H,2-6,11-13H2,1H3,(H,22,27)(H,23,28). The van der Waals surface area contributed by atoms with Gasteiger partial charge < -0.3 is 15.7 Å². The monoisotopic (exact) mass is 430 g/mol. The summed E-state index contributed by atoms with van der Waals surface area (Å²) >= 11 is 1.28. The van der Waals surface area contributed by atoms with Crippen LogP contribution in [0.2, 0.25) is 0 Å². The molecule has 0 spiro atoms. The van der Waals surface area contributed by atoms with Gasteiger partial charge in [0.05, 0.1) is 5.75 Å². The van der Waals surface area contributed by atoms with Gasteiger partial charge in [0.1, 0.15) is 5.03 Å². The van der Waals surface area contributed by atoms with Gasteiger partial charge in [-0.1, -0.05) is 11.8 Å². The first-order valence-electron chi connectivity index (χ1n) is 10.0. The molecule has 3 rings (SSSR count). The van der Waals surface area contributed by atoms with Crippen molar-refractivity contribution in [2.75, 3.05) is 23.0 Å². The number of aliphatic hydroxyl groups excluding tert-OH is 1. The number of benzene rings is 1. The molecule has 0 saturated heterocycles. The van der Waals surface area contributed by atoms with Gasteiger partial charge in [0.2, 0.25) is 11.8 Å². The zero-order valence-electron chi connectivity index (χ0n) is 16.9. The Hall–Kier alpha value is -2.65. The maximum Gasteiger partial charge on any atom is 0.348 e. The predicted molar refractivity (Wildman–Crippen MR) is 117 cm³/mol. The molecule has 8 nitrogen and oxygen atoms in total. The molecule has 1 aliphatic carbocycles. The molecule has 2 amide bonds. The number of nitrogens with zero attached hydrogens (tertiary/aromatic N) is 2. The highest BCUT2D eigenvalue weighted by molar-refractivity contribution is 8.00. The van der Waals surface area contributed by atoms with Crippen LogP contribution in [-0.4, -0.2) is 38.8 Å². The number of anilines is 2. The molecule has 0 radical (unpaired) electrons. The van der Waals surface area contributed by atoms with E-state index in [4.69, 9.17) is 5.11 Å².